The lowest BCUT2D eigenvalue weighted by Crippen LogP contribution is -2.20. The normalized spacial score (nSPS) is 11.7. The van der Waals surface area contributed by atoms with E-state index in [1.165, 1.54) is 18.2 Å². The van der Waals surface area contributed by atoms with Gasteiger partial charge in [-0.3, -0.25) is 13.6 Å². The summed E-state index contributed by atoms with van der Waals surface area (Å²) in [7, 11) is 3.53. The van der Waals surface area contributed by atoms with Crippen molar-refractivity contribution >= 4 is 46.3 Å². The molecule has 1 aromatic heterocycles. The molecule has 0 spiro atoms. The van der Waals surface area contributed by atoms with E-state index in [1.807, 2.05) is 37.3 Å². The molecule has 0 aliphatic heterocycles. The Morgan fingerprint density at radius 1 is 1.20 bits per heavy atom. The molecule has 1 unspecified atom stereocenters. The van der Waals surface area contributed by atoms with Gasteiger partial charge in [-0.15, -0.1) is 0 Å². The molecule has 1 heterocycles. The van der Waals surface area contributed by atoms with E-state index >= 15 is 0 Å². The summed E-state index contributed by atoms with van der Waals surface area (Å²) in [5, 5.41) is 2.97. The number of nitrogens with one attached hydrogen (secondary N) is 1. The average molecular weight is 518 g/mol. The van der Waals surface area contributed by atoms with E-state index in [0.717, 1.165) is 6.42 Å². The zero-order chi connectivity index (χ0) is 25.5. The Morgan fingerprint density at radius 2 is 1.91 bits per heavy atom. The molecule has 9 nitrogen and oxygen atoms in total. The minimum Gasteiger partial charge on any atom is -0.772 e. The molecule has 11 heteroatoms. The summed E-state index contributed by atoms with van der Waals surface area (Å²) < 4.78 is 29.7. The van der Waals surface area contributed by atoms with Crippen LogP contribution in [0, 0.1) is 0 Å². The highest BCUT2D eigenvalue weighted by Gasteiger charge is 2.28. The van der Waals surface area contributed by atoms with Crippen LogP contribution in [0.4, 0.5) is 11.8 Å². The number of amides is 1. The maximum absolute atomic E-state index is 13.2. The topological polar surface area (TPSA) is 117 Å². The molecule has 0 fully saturated rings. The Balaban J connectivity index is 2.10. The highest BCUT2D eigenvalue weighted by Crippen LogP contribution is 2.29. The number of esters is 1. The molecule has 3 aromatic rings. The van der Waals surface area contributed by atoms with Gasteiger partial charge in [0, 0.05) is 36.1 Å². The third kappa shape index (κ3) is 6.47. The van der Waals surface area contributed by atoms with Gasteiger partial charge in [0.05, 0.1) is 6.61 Å². The lowest BCUT2D eigenvalue weighted by molar-refractivity contribution is 0.0492. The van der Waals surface area contributed by atoms with Crippen LogP contribution in [0.25, 0.3) is 5.69 Å². The van der Waals surface area contributed by atoms with Crippen molar-refractivity contribution in [2.45, 2.75) is 25.5 Å². The zero-order valence-electron chi connectivity index (χ0n) is 19.6. The number of benzene rings is 2. The third-order valence-electron chi connectivity index (χ3n) is 5.02. The van der Waals surface area contributed by atoms with Crippen LogP contribution in [0.15, 0.2) is 48.5 Å². The van der Waals surface area contributed by atoms with E-state index in [2.05, 4.69) is 10.3 Å². The predicted octanol–water partition coefficient (Wildman–Crippen LogP) is 4.18. The molecule has 1 amide bonds. The minimum absolute atomic E-state index is 0.00630. The molecule has 3 rings (SSSR count). The number of ether oxygens (including phenoxy) is 1. The van der Waals surface area contributed by atoms with Gasteiger partial charge in [0.25, 0.3) is 5.91 Å². The van der Waals surface area contributed by atoms with Gasteiger partial charge in [-0.2, -0.15) is 4.98 Å². The number of imidazole rings is 1. The molecule has 35 heavy (non-hydrogen) atoms. The number of carbonyl (C=O) groups is 2. The van der Waals surface area contributed by atoms with Crippen LogP contribution >= 0.6 is 11.6 Å². The first-order valence-corrected chi connectivity index (χ1v) is 12.5. The summed E-state index contributed by atoms with van der Waals surface area (Å²) in [4.78, 5) is 32.6. The smallest absolute Gasteiger partial charge is 0.359 e. The van der Waals surface area contributed by atoms with Crippen LogP contribution in [0.1, 0.15) is 46.2 Å². The number of rotatable bonds is 10. The van der Waals surface area contributed by atoms with Crippen molar-refractivity contribution in [2.24, 2.45) is 0 Å². The van der Waals surface area contributed by atoms with Crippen LogP contribution in [0.2, 0.25) is 5.02 Å². The number of aromatic nitrogens is 2. The monoisotopic (exact) mass is 517 g/mol. The fraction of sp³-hybridized carbons (Fsp3) is 0.292. The number of halogens is 1. The Morgan fingerprint density at radius 3 is 2.54 bits per heavy atom. The molecular weight excluding hydrogens is 492 g/mol. The fourth-order valence-electron chi connectivity index (χ4n) is 3.39. The molecule has 0 saturated carbocycles. The van der Waals surface area contributed by atoms with Crippen molar-refractivity contribution in [3.8, 4) is 5.69 Å². The maximum atomic E-state index is 13.2. The second-order valence-corrected chi connectivity index (χ2v) is 9.20. The summed E-state index contributed by atoms with van der Waals surface area (Å²) in [5.41, 5.74) is 1.03. The summed E-state index contributed by atoms with van der Waals surface area (Å²) in [6, 6.07) is 13.4. The van der Waals surface area contributed by atoms with E-state index in [9.17, 15) is 18.4 Å². The number of unbranched alkanes of at least 4 members (excludes halogenated alkanes) is 1. The summed E-state index contributed by atoms with van der Waals surface area (Å²) in [5.74, 6) is -1.28. The van der Waals surface area contributed by atoms with Crippen molar-refractivity contribution in [2.75, 3.05) is 30.9 Å². The molecule has 1 N–H and O–H groups in total. The minimum atomic E-state index is -2.43. The van der Waals surface area contributed by atoms with E-state index in [0.29, 0.717) is 23.1 Å². The van der Waals surface area contributed by atoms with Crippen molar-refractivity contribution in [1.82, 2.24) is 9.55 Å². The summed E-state index contributed by atoms with van der Waals surface area (Å²) in [6.45, 7) is 2.20. The molecule has 0 radical (unpaired) electrons. The van der Waals surface area contributed by atoms with Crippen molar-refractivity contribution in [3.05, 3.63) is 70.4 Å². The molecule has 2 aromatic carbocycles. The Kier molecular flexibility index (Phi) is 9.02. The quantitative estimate of drug-likeness (QED) is 0.243. The first-order valence-electron chi connectivity index (χ1n) is 10.9. The number of hydrogen-bond donors (Lipinski definition) is 1. The molecular formula is C24H26ClN4O5S-. The molecule has 186 valence electrons. The lowest BCUT2D eigenvalue weighted by atomic mass is 10.1. The van der Waals surface area contributed by atoms with Gasteiger partial charge in [0.1, 0.15) is 0 Å². The largest absolute Gasteiger partial charge is 0.772 e. The van der Waals surface area contributed by atoms with E-state index in [1.54, 1.807) is 23.6 Å². The van der Waals surface area contributed by atoms with Crippen molar-refractivity contribution in [1.29, 1.82) is 0 Å². The zero-order valence-corrected chi connectivity index (χ0v) is 21.2. The Bertz CT molecular complexity index is 1230. The maximum Gasteiger partial charge on any atom is 0.359 e. The van der Waals surface area contributed by atoms with Crippen LogP contribution in [-0.2, 0) is 21.6 Å². The third-order valence-corrected chi connectivity index (χ3v) is 5.80. The number of hydrogen-bond acceptors (Lipinski definition) is 7. The van der Waals surface area contributed by atoms with Crippen LogP contribution < -0.4 is 10.2 Å². The second-order valence-electron chi connectivity index (χ2n) is 7.87. The van der Waals surface area contributed by atoms with E-state index in [-0.39, 0.29) is 29.2 Å². The van der Waals surface area contributed by atoms with Crippen LogP contribution in [-0.4, -0.2) is 50.9 Å². The van der Waals surface area contributed by atoms with Gasteiger partial charge >= 0.3 is 5.97 Å². The Labute approximate surface area is 211 Å². The number of para-hydroxylation sites is 1. The van der Waals surface area contributed by atoms with Gasteiger partial charge in [-0.25, -0.2) is 4.79 Å². The van der Waals surface area contributed by atoms with E-state index < -0.39 is 28.7 Å². The predicted molar refractivity (Wildman–Crippen MR) is 135 cm³/mol. The first-order chi connectivity index (χ1) is 16.7. The van der Waals surface area contributed by atoms with Gasteiger partial charge in [-0.1, -0.05) is 54.2 Å². The molecule has 0 saturated heterocycles. The standard InChI is InChI=1S/C24H27ClN4O5S/c1-4-5-13-34-23(31)20-21(27-24(28(2)3)29(20)18-9-7-6-8-10-18)26-22(30)19-12-11-17(25)14-16(19)15-35(32)33/h6-12,14H,4-5,13,15H2,1-3H3,(H,26,30)(H,32,33)/p-1. The van der Waals surface area contributed by atoms with Gasteiger partial charge in [0.15, 0.2) is 11.5 Å². The Hall–Kier alpha value is -3.21. The number of nitrogens with zero attached hydrogens (tertiary/aromatic N) is 3. The van der Waals surface area contributed by atoms with Gasteiger partial charge in [-0.05, 0) is 42.3 Å². The molecule has 0 aliphatic carbocycles. The molecule has 1 atom stereocenters. The van der Waals surface area contributed by atoms with Crippen molar-refractivity contribution in [3.63, 3.8) is 0 Å². The number of anilines is 2. The highest BCUT2D eigenvalue weighted by atomic mass is 35.5. The van der Waals surface area contributed by atoms with Gasteiger partial charge in [0.2, 0.25) is 5.95 Å². The second kappa shape index (κ2) is 12.0. The molecule has 0 aliphatic rings. The van der Waals surface area contributed by atoms with Crippen LogP contribution in [0.3, 0.4) is 0 Å². The summed E-state index contributed by atoms with van der Waals surface area (Å²) >= 11 is 3.57. The molecule has 0 bridgehead atoms. The SMILES string of the molecule is CCCCOC(=O)c1c(NC(=O)c2ccc(Cl)cc2CS(=O)[O-])nc(N(C)C)n1-c1ccccc1. The number of carbonyl (C=O) groups excluding carboxylic acids is 2. The fourth-order valence-corrected chi connectivity index (χ4v) is 4.08. The van der Waals surface area contributed by atoms with E-state index in [4.69, 9.17) is 16.3 Å². The highest BCUT2D eigenvalue weighted by molar-refractivity contribution is 7.78. The first kappa shape index (κ1) is 26.4. The lowest BCUT2D eigenvalue weighted by Gasteiger charge is -2.16. The van der Waals surface area contributed by atoms with Crippen molar-refractivity contribution < 1.29 is 23.1 Å². The average Bonchev–Trinajstić information content (AvgIpc) is 3.19. The summed E-state index contributed by atoms with van der Waals surface area (Å²) in [6.07, 6.45) is 1.53. The van der Waals surface area contributed by atoms with Gasteiger partial charge < -0.3 is 19.5 Å². The van der Waals surface area contributed by atoms with Crippen LogP contribution in [0.5, 0.6) is 0 Å².